The molecule has 0 radical (unpaired) electrons. The van der Waals surface area contributed by atoms with E-state index < -0.39 is 27.7 Å². The average molecular weight is 519 g/mol. The number of carboxylic acid groups (broad SMARTS) is 1. The molecule has 1 heterocycles. The molecule has 2 aromatic rings. The van der Waals surface area contributed by atoms with E-state index in [0.717, 1.165) is 11.6 Å². The van der Waals surface area contributed by atoms with E-state index in [0.29, 0.717) is 56.7 Å². The van der Waals surface area contributed by atoms with Crippen LogP contribution in [-0.4, -0.2) is 61.4 Å². The minimum atomic E-state index is -4.48. The van der Waals surface area contributed by atoms with Gasteiger partial charge in [0, 0.05) is 26.2 Å². The van der Waals surface area contributed by atoms with Gasteiger partial charge in [-0.3, -0.25) is 4.79 Å². The van der Waals surface area contributed by atoms with Gasteiger partial charge >= 0.3 is 12.1 Å². The molecule has 0 aliphatic carbocycles. The summed E-state index contributed by atoms with van der Waals surface area (Å²) in [5, 5.41) is 8.70. The Hall–Kier alpha value is -2.14. The molecule has 1 N–H and O–H groups in total. The third-order valence-corrected chi connectivity index (χ3v) is 7.90. The van der Waals surface area contributed by atoms with Crippen LogP contribution in [-0.2, 0) is 33.8 Å². The normalized spacial score (nSPS) is 16.0. The number of rotatable bonds is 8. The van der Waals surface area contributed by atoms with Gasteiger partial charge in [-0.2, -0.15) is 17.5 Å². The van der Waals surface area contributed by atoms with Gasteiger partial charge in [-0.05, 0) is 67.3 Å². The molecule has 0 amide bonds. The predicted molar refractivity (Wildman–Crippen MR) is 122 cm³/mol. The minimum absolute atomic E-state index is 0.0939. The molecule has 3 rings (SSSR count). The van der Waals surface area contributed by atoms with Crippen molar-refractivity contribution in [3.05, 3.63) is 63.7 Å². The lowest BCUT2D eigenvalue weighted by Gasteiger charge is -2.34. The molecule has 0 spiro atoms. The van der Waals surface area contributed by atoms with Crippen LogP contribution in [0.1, 0.15) is 28.7 Å². The number of halogens is 4. The fraction of sp³-hybridized carbons (Fsp3) is 0.435. The van der Waals surface area contributed by atoms with Crippen LogP contribution in [0.2, 0.25) is 5.02 Å². The molecular weight excluding hydrogens is 493 g/mol. The van der Waals surface area contributed by atoms with Crippen molar-refractivity contribution in [3.8, 4) is 0 Å². The summed E-state index contributed by atoms with van der Waals surface area (Å²) in [5.41, 5.74) is 0.988. The quantitative estimate of drug-likeness (QED) is 0.566. The van der Waals surface area contributed by atoms with Crippen molar-refractivity contribution in [2.75, 3.05) is 32.7 Å². The summed E-state index contributed by atoms with van der Waals surface area (Å²) in [7, 11) is -3.74. The second kappa shape index (κ2) is 10.6. The first-order chi connectivity index (χ1) is 15.9. The molecule has 1 fully saturated rings. The van der Waals surface area contributed by atoms with Crippen molar-refractivity contribution in [2.24, 2.45) is 0 Å². The van der Waals surface area contributed by atoms with Gasteiger partial charge in [-0.25, -0.2) is 8.42 Å². The molecule has 11 heteroatoms. The van der Waals surface area contributed by atoms with Crippen molar-refractivity contribution in [3.63, 3.8) is 0 Å². The van der Waals surface area contributed by atoms with Crippen molar-refractivity contribution < 1.29 is 31.5 Å². The number of benzene rings is 2. The fourth-order valence-electron chi connectivity index (χ4n) is 4.04. The highest BCUT2D eigenvalue weighted by molar-refractivity contribution is 7.89. The van der Waals surface area contributed by atoms with Gasteiger partial charge in [-0.15, -0.1) is 0 Å². The monoisotopic (exact) mass is 518 g/mol. The third kappa shape index (κ3) is 6.71. The van der Waals surface area contributed by atoms with Gasteiger partial charge in [0.05, 0.1) is 21.9 Å². The summed E-state index contributed by atoms with van der Waals surface area (Å²) in [4.78, 5) is 13.2. The lowest BCUT2D eigenvalue weighted by atomic mass is 10.1. The maximum atomic E-state index is 13.1. The molecule has 0 bridgehead atoms. The van der Waals surface area contributed by atoms with Crippen LogP contribution >= 0.6 is 11.6 Å². The zero-order valence-corrected chi connectivity index (χ0v) is 20.2. The summed E-state index contributed by atoms with van der Waals surface area (Å²) < 4.78 is 66.0. The Morgan fingerprint density at radius 2 is 1.74 bits per heavy atom. The lowest BCUT2D eigenvalue weighted by molar-refractivity contribution is -0.138. The van der Waals surface area contributed by atoms with E-state index >= 15 is 0 Å². The van der Waals surface area contributed by atoms with E-state index in [1.807, 2.05) is 0 Å². The van der Waals surface area contributed by atoms with Crippen LogP contribution in [0.25, 0.3) is 0 Å². The molecule has 186 valence electrons. The smallest absolute Gasteiger partial charge is 0.417 e. The molecule has 0 unspecified atom stereocenters. The van der Waals surface area contributed by atoms with Crippen molar-refractivity contribution >= 4 is 27.6 Å². The van der Waals surface area contributed by atoms with Crippen molar-refractivity contribution in [2.45, 2.75) is 37.3 Å². The maximum absolute atomic E-state index is 13.1. The Bertz CT molecular complexity index is 1150. The van der Waals surface area contributed by atoms with Crippen molar-refractivity contribution in [1.82, 2.24) is 9.21 Å². The minimum Gasteiger partial charge on any atom is -0.481 e. The zero-order chi connectivity index (χ0) is 25.1. The number of nitrogens with zero attached hydrogens (tertiary/aromatic N) is 2. The Morgan fingerprint density at radius 1 is 1.06 bits per heavy atom. The molecular formula is C23H26ClF3N2O4S. The maximum Gasteiger partial charge on any atom is 0.417 e. The number of carbonyl (C=O) groups is 1. The Labute approximate surface area is 202 Å². The molecule has 1 saturated heterocycles. The van der Waals surface area contributed by atoms with Crippen LogP contribution in [0.3, 0.4) is 0 Å². The van der Waals surface area contributed by atoms with Crippen LogP contribution in [0.4, 0.5) is 13.2 Å². The Morgan fingerprint density at radius 3 is 2.32 bits per heavy atom. The van der Waals surface area contributed by atoms with Gasteiger partial charge < -0.3 is 10.0 Å². The Kier molecular flexibility index (Phi) is 8.28. The van der Waals surface area contributed by atoms with Gasteiger partial charge in [0.25, 0.3) is 0 Å². The van der Waals surface area contributed by atoms with E-state index in [1.54, 1.807) is 19.1 Å². The van der Waals surface area contributed by atoms with E-state index in [4.69, 9.17) is 16.7 Å². The lowest BCUT2D eigenvalue weighted by Crippen LogP contribution is -2.48. The van der Waals surface area contributed by atoms with Gasteiger partial charge in [0.15, 0.2) is 0 Å². The van der Waals surface area contributed by atoms with E-state index in [1.165, 1.54) is 22.5 Å². The second-order valence-electron chi connectivity index (χ2n) is 8.39. The van der Waals surface area contributed by atoms with Crippen molar-refractivity contribution in [1.29, 1.82) is 0 Å². The summed E-state index contributed by atoms with van der Waals surface area (Å²) in [6.07, 6.45) is -3.47. The number of piperazine rings is 1. The summed E-state index contributed by atoms with van der Waals surface area (Å²) >= 11 is 5.77. The molecule has 0 saturated carbocycles. The standard InChI is InChI=1S/C23H26ClF3N2O4S/c1-16-11-18(15-22(30)31)13-19(12-16)34(32,33)29-9-7-28(8-10-29)6-2-3-17-4-5-20(21(24)14-17)23(25,26)27/h4-5,11-14H,2-3,6-10,15H2,1H3,(H,30,31). The molecule has 34 heavy (non-hydrogen) atoms. The van der Waals surface area contributed by atoms with Gasteiger partial charge in [0.1, 0.15) is 0 Å². The number of carboxylic acids is 1. The average Bonchev–Trinajstić information content (AvgIpc) is 2.72. The molecule has 2 aromatic carbocycles. The largest absolute Gasteiger partial charge is 0.481 e. The fourth-order valence-corrected chi connectivity index (χ4v) is 5.93. The number of hydrogen-bond acceptors (Lipinski definition) is 4. The van der Waals surface area contributed by atoms with Crippen LogP contribution in [0.5, 0.6) is 0 Å². The Balaban J connectivity index is 1.54. The molecule has 0 aromatic heterocycles. The number of sulfonamides is 1. The highest BCUT2D eigenvalue weighted by Gasteiger charge is 2.33. The van der Waals surface area contributed by atoms with Crippen LogP contribution < -0.4 is 0 Å². The molecule has 6 nitrogen and oxygen atoms in total. The predicted octanol–water partition coefficient (Wildman–Crippen LogP) is 4.23. The number of aryl methyl sites for hydroxylation is 2. The summed E-state index contributed by atoms with van der Waals surface area (Å²) in [6, 6.07) is 8.39. The number of alkyl halides is 3. The molecule has 1 aliphatic heterocycles. The molecule has 1 aliphatic rings. The van der Waals surface area contributed by atoms with E-state index in [2.05, 4.69) is 4.90 Å². The topological polar surface area (TPSA) is 77.9 Å². The molecule has 0 atom stereocenters. The zero-order valence-electron chi connectivity index (χ0n) is 18.6. The highest BCUT2D eigenvalue weighted by atomic mass is 35.5. The number of aliphatic carboxylic acids is 1. The van der Waals surface area contributed by atoms with Gasteiger partial charge in [0.2, 0.25) is 10.0 Å². The highest BCUT2D eigenvalue weighted by Crippen LogP contribution is 2.35. The first-order valence-electron chi connectivity index (χ1n) is 10.8. The first kappa shape index (κ1) is 26.5. The first-order valence-corrected chi connectivity index (χ1v) is 12.6. The van der Waals surface area contributed by atoms with E-state index in [-0.39, 0.29) is 16.3 Å². The van der Waals surface area contributed by atoms with Gasteiger partial charge in [-0.1, -0.05) is 23.7 Å². The second-order valence-corrected chi connectivity index (χ2v) is 10.7. The third-order valence-electron chi connectivity index (χ3n) is 5.71. The summed E-state index contributed by atoms with van der Waals surface area (Å²) in [6.45, 7) is 4.07. The SMILES string of the molecule is Cc1cc(CC(=O)O)cc(S(=O)(=O)N2CCN(CCCc3ccc(C(F)(F)F)c(Cl)c3)CC2)c1. The summed E-state index contributed by atoms with van der Waals surface area (Å²) in [5.74, 6) is -1.03. The van der Waals surface area contributed by atoms with Crippen LogP contribution in [0, 0.1) is 6.92 Å². The van der Waals surface area contributed by atoms with E-state index in [9.17, 15) is 26.4 Å². The van der Waals surface area contributed by atoms with Crippen LogP contribution in [0.15, 0.2) is 41.3 Å². The number of hydrogen-bond donors (Lipinski definition) is 1.